The number of aryl methyl sites for hydroxylation is 1. The number of amides is 1. The zero-order chi connectivity index (χ0) is 13.4. The van der Waals surface area contributed by atoms with Crippen LogP contribution in [0.1, 0.15) is 12.0 Å². The summed E-state index contributed by atoms with van der Waals surface area (Å²) in [6.07, 6.45) is 0.837. The van der Waals surface area contributed by atoms with E-state index in [0.717, 1.165) is 35.2 Å². The predicted octanol–water partition coefficient (Wildman–Crippen LogP) is 2.19. The highest BCUT2D eigenvalue weighted by Gasteiger charge is 2.29. The van der Waals surface area contributed by atoms with Crippen molar-refractivity contribution in [3.63, 3.8) is 0 Å². The quantitative estimate of drug-likeness (QED) is 0.894. The summed E-state index contributed by atoms with van der Waals surface area (Å²) in [5.41, 5.74) is 2.02. The summed E-state index contributed by atoms with van der Waals surface area (Å²) >= 11 is 0. The van der Waals surface area contributed by atoms with Gasteiger partial charge in [-0.05, 0) is 31.0 Å². The molecule has 0 spiro atoms. The van der Waals surface area contributed by atoms with Crippen molar-refractivity contribution < 1.29 is 4.79 Å². The lowest BCUT2D eigenvalue weighted by Gasteiger charge is -2.15. The van der Waals surface area contributed by atoms with Crippen molar-refractivity contribution in [2.75, 3.05) is 18.9 Å². The number of aromatic nitrogens is 1. The first kappa shape index (κ1) is 12.0. The second kappa shape index (κ2) is 4.53. The maximum Gasteiger partial charge on any atom is 0.244 e. The Labute approximate surface area is 112 Å². The number of anilines is 1. The van der Waals surface area contributed by atoms with Crippen LogP contribution in [-0.4, -0.2) is 35.4 Å². The molecular weight excluding hydrogens is 238 g/mol. The minimum absolute atomic E-state index is 0.141. The van der Waals surface area contributed by atoms with Crippen molar-refractivity contribution in [1.82, 2.24) is 9.88 Å². The summed E-state index contributed by atoms with van der Waals surface area (Å²) in [4.78, 5) is 18.3. The monoisotopic (exact) mass is 255 g/mol. The summed E-state index contributed by atoms with van der Waals surface area (Å²) in [6.45, 7) is 2.83. The Morgan fingerprint density at radius 2 is 2.16 bits per heavy atom. The van der Waals surface area contributed by atoms with E-state index >= 15 is 0 Å². The van der Waals surface area contributed by atoms with Gasteiger partial charge in [-0.3, -0.25) is 4.79 Å². The molecule has 1 aliphatic heterocycles. The Morgan fingerprint density at radius 3 is 2.89 bits per heavy atom. The molecule has 0 radical (unpaired) electrons. The number of hydrogen-bond acceptors (Lipinski definition) is 3. The summed E-state index contributed by atoms with van der Waals surface area (Å²) in [5, 5.41) is 4.40. The normalized spacial score (nSPS) is 19.2. The van der Waals surface area contributed by atoms with E-state index in [0.29, 0.717) is 0 Å². The molecule has 1 saturated heterocycles. The van der Waals surface area contributed by atoms with Crippen LogP contribution >= 0.6 is 0 Å². The summed E-state index contributed by atoms with van der Waals surface area (Å²) < 4.78 is 0. The van der Waals surface area contributed by atoms with Crippen LogP contribution in [0.15, 0.2) is 30.3 Å². The van der Waals surface area contributed by atoms with Gasteiger partial charge in [0, 0.05) is 19.0 Å². The van der Waals surface area contributed by atoms with Gasteiger partial charge in [-0.25, -0.2) is 4.98 Å². The van der Waals surface area contributed by atoms with E-state index < -0.39 is 0 Å². The highest BCUT2D eigenvalue weighted by molar-refractivity contribution is 5.87. The third-order valence-corrected chi connectivity index (χ3v) is 3.65. The number of nitrogens with zero attached hydrogens (tertiary/aromatic N) is 2. The first-order chi connectivity index (χ1) is 9.15. The van der Waals surface area contributed by atoms with Gasteiger partial charge in [0.05, 0.1) is 5.52 Å². The number of fused-ring (bicyclic) bond motifs is 1. The van der Waals surface area contributed by atoms with Crippen molar-refractivity contribution in [2.45, 2.75) is 19.4 Å². The topological polar surface area (TPSA) is 45.2 Å². The van der Waals surface area contributed by atoms with E-state index in [2.05, 4.69) is 16.4 Å². The molecule has 1 aromatic carbocycles. The van der Waals surface area contributed by atoms with E-state index in [-0.39, 0.29) is 11.9 Å². The van der Waals surface area contributed by atoms with Crippen molar-refractivity contribution in [2.24, 2.45) is 0 Å². The first-order valence-electron chi connectivity index (χ1n) is 6.53. The van der Waals surface area contributed by atoms with Gasteiger partial charge >= 0.3 is 0 Å². The maximum absolute atomic E-state index is 11.9. The molecule has 19 heavy (non-hydrogen) atoms. The number of benzene rings is 1. The molecule has 0 aliphatic carbocycles. The fourth-order valence-electron chi connectivity index (χ4n) is 2.49. The lowest BCUT2D eigenvalue weighted by atomic mass is 10.1. The van der Waals surface area contributed by atoms with Gasteiger partial charge in [0.1, 0.15) is 11.9 Å². The standard InChI is InChI=1S/C15H17N3O/c1-10-9-11-5-3-4-6-12(11)16-14(10)17-13-7-8-18(2)15(13)19/h3-6,9,13H,7-8H2,1-2H3,(H,16,17). The molecule has 1 N–H and O–H groups in total. The van der Waals surface area contributed by atoms with Crippen LogP contribution in [0.25, 0.3) is 10.9 Å². The predicted molar refractivity (Wildman–Crippen MR) is 76.1 cm³/mol. The van der Waals surface area contributed by atoms with Gasteiger partial charge in [0.25, 0.3) is 0 Å². The van der Waals surface area contributed by atoms with E-state index in [4.69, 9.17) is 0 Å². The molecule has 1 aliphatic rings. The van der Waals surface area contributed by atoms with Crippen LogP contribution in [0.2, 0.25) is 0 Å². The second-order valence-electron chi connectivity index (χ2n) is 5.09. The van der Waals surface area contributed by atoms with Crippen molar-refractivity contribution >= 4 is 22.6 Å². The lowest BCUT2D eigenvalue weighted by Crippen LogP contribution is -2.31. The molecule has 0 saturated carbocycles. The molecule has 4 heteroatoms. The number of para-hydroxylation sites is 1. The molecule has 1 unspecified atom stereocenters. The smallest absolute Gasteiger partial charge is 0.244 e. The van der Waals surface area contributed by atoms with Gasteiger partial charge in [0.15, 0.2) is 0 Å². The Morgan fingerprint density at radius 1 is 1.37 bits per heavy atom. The molecule has 1 aromatic heterocycles. The van der Waals surface area contributed by atoms with Crippen molar-refractivity contribution in [3.8, 4) is 0 Å². The summed E-state index contributed by atoms with van der Waals surface area (Å²) in [6, 6.07) is 9.98. The minimum atomic E-state index is -0.141. The maximum atomic E-state index is 11.9. The van der Waals surface area contributed by atoms with Gasteiger partial charge in [-0.1, -0.05) is 18.2 Å². The minimum Gasteiger partial charge on any atom is -0.358 e. The van der Waals surface area contributed by atoms with E-state index in [9.17, 15) is 4.79 Å². The van der Waals surface area contributed by atoms with Crippen LogP contribution in [-0.2, 0) is 4.79 Å². The van der Waals surface area contributed by atoms with Gasteiger partial charge in [-0.2, -0.15) is 0 Å². The molecule has 1 fully saturated rings. The molecule has 3 rings (SSSR count). The number of likely N-dealkylation sites (N-methyl/N-ethyl adjacent to an activating group) is 1. The zero-order valence-electron chi connectivity index (χ0n) is 11.2. The Hall–Kier alpha value is -2.10. The van der Waals surface area contributed by atoms with Crippen LogP contribution in [0.4, 0.5) is 5.82 Å². The van der Waals surface area contributed by atoms with Crippen LogP contribution < -0.4 is 5.32 Å². The molecular formula is C15H17N3O. The van der Waals surface area contributed by atoms with E-state index in [1.165, 1.54) is 0 Å². The number of likely N-dealkylation sites (tertiary alicyclic amines) is 1. The highest BCUT2D eigenvalue weighted by Crippen LogP contribution is 2.22. The number of carbonyl (C=O) groups is 1. The number of carbonyl (C=O) groups excluding carboxylic acids is 1. The Balaban J connectivity index is 1.92. The first-order valence-corrected chi connectivity index (χ1v) is 6.53. The average Bonchev–Trinajstić information content (AvgIpc) is 2.71. The molecule has 2 aromatic rings. The Bertz CT molecular complexity index is 638. The molecule has 0 bridgehead atoms. The number of rotatable bonds is 2. The van der Waals surface area contributed by atoms with Crippen molar-refractivity contribution in [3.05, 3.63) is 35.9 Å². The summed E-state index contributed by atoms with van der Waals surface area (Å²) in [7, 11) is 1.84. The van der Waals surface area contributed by atoms with Crippen LogP contribution in [0, 0.1) is 6.92 Å². The Kier molecular flexibility index (Phi) is 2.85. The SMILES string of the molecule is Cc1cc2ccccc2nc1NC1CCN(C)C1=O. The van der Waals surface area contributed by atoms with Gasteiger partial charge in [-0.15, -0.1) is 0 Å². The molecule has 1 atom stereocenters. The highest BCUT2D eigenvalue weighted by atomic mass is 16.2. The number of nitrogens with one attached hydrogen (secondary N) is 1. The lowest BCUT2D eigenvalue weighted by molar-refractivity contribution is -0.127. The number of hydrogen-bond donors (Lipinski definition) is 1. The van der Waals surface area contributed by atoms with Crippen molar-refractivity contribution in [1.29, 1.82) is 0 Å². The largest absolute Gasteiger partial charge is 0.358 e. The van der Waals surface area contributed by atoms with Gasteiger partial charge in [0.2, 0.25) is 5.91 Å². The average molecular weight is 255 g/mol. The molecule has 98 valence electrons. The third-order valence-electron chi connectivity index (χ3n) is 3.65. The van der Waals surface area contributed by atoms with E-state index in [1.807, 2.05) is 38.2 Å². The fourth-order valence-corrected chi connectivity index (χ4v) is 2.49. The van der Waals surface area contributed by atoms with Crippen LogP contribution in [0.5, 0.6) is 0 Å². The third kappa shape index (κ3) is 2.14. The second-order valence-corrected chi connectivity index (χ2v) is 5.09. The summed E-state index contributed by atoms with van der Waals surface area (Å²) in [5.74, 6) is 0.960. The fraction of sp³-hybridized carbons (Fsp3) is 0.333. The molecule has 1 amide bonds. The van der Waals surface area contributed by atoms with E-state index in [1.54, 1.807) is 4.90 Å². The zero-order valence-corrected chi connectivity index (χ0v) is 11.2. The van der Waals surface area contributed by atoms with Crippen LogP contribution in [0.3, 0.4) is 0 Å². The number of pyridine rings is 1. The molecule has 4 nitrogen and oxygen atoms in total. The molecule has 2 heterocycles. The van der Waals surface area contributed by atoms with Gasteiger partial charge < -0.3 is 10.2 Å².